The minimum absolute atomic E-state index is 0.0283. The number of nitrogens with one attached hydrogen (secondary N) is 2. The largest absolute Gasteiger partial charge is 0.348 e. The van der Waals surface area contributed by atoms with Crippen LogP contribution in [0.5, 0.6) is 0 Å². The van der Waals surface area contributed by atoms with Gasteiger partial charge in [-0.15, -0.1) is 0 Å². The van der Waals surface area contributed by atoms with Crippen LogP contribution >= 0.6 is 15.9 Å². The van der Waals surface area contributed by atoms with Crippen LogP contribution in [0.4, 0.5) is 10.1 Å². The smallest absolute Gasteiger partial charge is 0.313 e. The molecule has 2 N–H and O–H groups in total. The van der Waals surface area contributed by atoms with E-state index in [9.17, 15) is 14.0 Å². The lowest BCUT2D eigenvalue weighted by Gasteiger charge is -2.06. The molecule has 0 aromatic heterocycles. The molecule has 0 saturated carbocycles. The summed E-state index contributed by atoms with van der Waals surface area (Å²) in [5, 5.41) is 4.49. The van der Waals surface area contributed by atoms with Crippen LogP contribution in [0.25, 0.3) is 0 Å². The van der Waals surface area contributed by atoms with Gasteiger partial charge in [0.2, 0.25) is 0 Å². The van der Waals surface area contributed by atoms with Crippen LogP contribution in [-0.2, 0) is 9.59 Å². The van der Waals surface area contributed by atoms with E-state index in [1.807, 2.05) is 0 Å². The zero-order valence-electron chi connectivity index (χ0n) is 8.51. The van der Waals surface area contributed by atoms with Crippen LogP contribution in [-0.4, -0.2) is 18.4 Å². The van der Waals surface area contributed by atoms with E-state index in [1.165, 1.54) is 12.1 Å². The zero-order chi connectivity index (χ0) is 12.1. The highest BCUT2D eigenvalue weighted by Gasteiger charge is 2.14. The molecule has 0 bridgehead atoms. The maximum atomic E-state index is 13.3. The number of anilines is 1. The van der Waals surface area contributed by atoms with Crippen LogP contribution in [0.3, 0.4) is 0 Å². The highest BCUT2D eigenvalue weighted by molar-refractivity contribution is 9.10. The van der Waals surface area contributed by atoms with Crippen LogP contribution in [0.15, 0.2) is 22.7 Å². The van der Waals surface area contributed by atoms with Crippen molar-refractivity contribution in [2.75, 3.05) is 11.9 Å². The van der Waals surface area contributed by atoms with Crippen molar-refractivity contribution in [3.63, 3.8) is 0 Å². The van der Waals surface area contributed by atoms with Gasteiger partial charge in [0.05, 0.1) is 5.69 Å². The number of benzene rings is 1. The summed E-state index contributed by atoms with van der Waals surface area (Å²) in [5.41, 5.74) is -0.0283. The molecule has 4 nitrogen and oxygen atoms in total. The average Bonchev–Trinajstić information content (AvgIpc) is 2.22. The van der Waals surface area contributed by atoms with Gasteiger partial charge in [-0.25, -0.2) is 4.39 Å². The number of halogens is 2. The molecule has 1 aromatic carbocycles. The van der Waals surface area contributed by atoms with Crippen molar-refractivity contribution in [1.29, 1.82) is 0 Å². The molecule has 1 aromatic rings. The topological polar surface area (TPSA) is 58.2 Å². The molecule has 2 amide bonds. The van der Waals surface area contributed by atoms with Gasteiger partial charge in [0, 0.05) is 11.0 Å². The minimum atomic E-state index is -0.886. The van der Waals surface area contributed by atoms with E-state index in [-0.39, 0.29) is 5.69 Å². The van der Waals surface area contributed by atoms with Crippen molar-refractivity contribution in [2.24, 2.45) is 0 Å². The lowest BCUT2D eigenvalue weighted by molar-refractivity contribution is -0.136. The van der Waals surface area contributed by atoms with Crippen LogP contribution in [0.1, 0.15) is 6.92 Å². The van der Waals surface area contributed by atoms with Gasteiger partial charge < -0.3 is 10.6 Å². The van der Waals surface area contributed by atoms with E-state index in [1.54, 1.807) is 13.0 Å². The van der Waals surface area contributed by atoms with Crippen LogP contribution < -0.4 is 10.6 Å². The summed E-state index contributed by atoms with van der Waals surface area (Å²) < 4.78 is 13.8. The quantitative estimate of drug-likeness (QED) is 0.814. The van der Waals surface area contributed by atoms with E-state index in [0.29, 0.717) is 11.0 Å². The first-order chi connectivity index (χ1) is 7.54. The number of rotatable bonds is 2. The van der Waals surface area contributed by atoms with Crippen molar-refractivity contribution in [3.05, 3.63) is 28.5 Å². The Kier molecular flexibility index (Phi) is 4.42. The second-order valence-corrected chi connectivity index (χ2v) is 3.85. The Morgan fingerprint density at radius 2 is 2.06 bits per heavy atom. The van der Waals surface area contributed by atoms with E-state index in [0.717, 1.165) is 0 Å². The van der Waals surface area contributed by atoms with Crippen molar-refractivity contribution in [3.8, 4) is 0 Å². The summed E-state index contributed by atoms with van der Waals surface area (Å²) in [6, 6.07) is 4.14. The molecule has 0 unspecified atom stereocenters. The number of likely N-dealkylation sites (N-methyl/N-ethyl adjacent to an activating group) is 1. The van der Waals surface area contributed by atoms with Crippen LogP contribution in [0.2, 0.25) is 0 Å². The highest BCUT2D eigenvalue weighted by Crippen LogP contribution is 2.19. The standard InChI is InChI=1S/C10H10BrFN2O2/c1-2-13-9(15)10(16)14-8-4-3-6(11)5-7(8)12/h3-5H,2H2,1H3,(H,13,15)(H,14,16). The monoisotopic (exact) mass is 288 g/mol. The normalized spacial score (nSPS) is 9.69. The van der Waals surface area contributed by atoms with Gasteiger partial charge in [-0.3, -0.25) is 9.59 Å². The predicted molar refractivity (Wildman–Crippen MR) is 61.4 cm³/mol. The second kappa shape index (κ2) is 5.60. The third-order valence-electron chi connectivity index (χ3n) is 1.72. The lowest BCUT2D eigenvalue weighted by atomic mass is 10.3. The minimum Gasteiger partial charge on any atom is -0.348 e. The Morgan fingerprint density at radius 3 is 2.62 bits per heavy atom. The summed E-state index contributed by atoms with van der Waals surface area (Å²) in [6.07, 6.45) is 0. The van der Waals surface area contributed by atoms with E-state index in [4.69, 9.17) is 0 Å². The Hall–Kier alpha value is -1.43. The van der Waals surface area contributed by atoms with E-state index in [2.05, 4.69) is 26.6 Å². The van der Waals surface area contributed by atoms with Crippen molar-refractivity contribution in [2.45, 2.75) is 6.92 Å². The van der Waals surface area contributed by atoms with Gasteiger partial charge in [0.1, 0.15) is 5.82 Å². The number of carbonyl (C=O) groups is 2. The van der Waals surface area contributed by atoms with E-state index >= 15 is 0 Å². The molecule has 0 aliphatic heterocycles. The molecule has 0 saturated heterocycles. The molecule has 0 spiro atoms. The molecule has 0 atom stereocenters. The maximum absolute atomic E-state index is 13.3. The second-order valence-electron chi connectivity index (χ2n) is 2.94. The van der Waals surface area contributed by atoms with Gasteiger partial charge in [0.25, 0.3) is 0 Å². The first kappa shape index (κ1) is 12.6. The number of carbonyl (C=O) groups excluding carboxylic acids is 2. The fraction of sp³-hybridized carbons (Fsp3) is 0.200. The third kappa shape index (κ3) is 3.30. The van der Waals surface area contributed by atoms with Gasteiger partial charge in [0.15, 0.2) is 0 Å². The molecule has 6 heteroatoms. The van der Waals surface area contributed by atoms with Crippen molar-refractivity contribution in [1.82, 2.24) is 5.32 Å². The Labute approximate surface area is 100 Å². The molecule has 0 fully saturated rings. The van der Waals surface area contributed by atoms with Crippen molar-refractivity contribution < 1.29 is 14.0 Å². The molecule has 0 aliphatic carbocycles. The van der Waals surface area contributed by atoms with E-state index < -0.39 is 17.6 Å². The Bertz CT molecular complexity index is 423. The molecule has 0 heterocycles. The van der Waals surface area contributed by atoms with Gasteiger partial charge >= 0.3 is 11.8 Å². The number of amides is 2. The van der Waals surface area contributed by atoms with Gasteiger partial charge in [-0.05, 0) is 25.1 Å². The summed E-state index contributed by atoms with van der Waals surface area (Å²) in [5.74, 6) is -2.28. The fourth-order valence-electron chi connectivity index (χ4n) is 1.01. The fourth-order valence-corrected chi connectivity index (χ4v) is 1.34. The average molecular weight is 289 g/mol. The number of hydrogen-bond acceptors (Lipinski definition) is 2. The molecule has 0 aliphatic rings. The molecule has 86 valence electrons. The summed E-state index contributed by atoms with van der Waals surface area (Å²) in [7, 11) is 0. The number of hydrogen-bond donors (Lipinski definition) is 2. The Balaban J connectivity index is 2.73. The molecule has 16 heavy (non-hydrogen) atoms. The SMILES string of the molecule is CCNC(=O)C(=O)Nc1ccc(Br)cc1F. The molecular weight excluding hydrogens is 279 g/mol. The molecule has 0 radical (unpaired) electrons. The predicted octanol–water partition coefficient (Wildman–Crippen LogP) is 1.66. The Morgan fingerprint density at radius 1 is 1.38 bits per heavy atom. The van der Waals surface area contributed by atoms with Crippen LogP contribution in [0, 0.1) is 5.82 Å². The van der Waals surface area contributed by atoms with Gasteiger partial charge in [-0.2, -0.15) is 0 Å². The zero-order valence-corrected chi connectivity index (χ0v) is 10.1. The summed E-state index contributed by atoms with van der Waals surface area (Å²) in [4.78, 5) is 22.3. The lowest BCUT2D eigenvalue weighted by Crippen LogP contribution is -2.35. The molecular formula is C10H10BrFN2O2. The summed E-state index contributed by atoms with van der Waals surface area (Å²) >= 11 is 3.08. The maximum Gasteiger partial charge on any atom is 0.313 e. The molecule has 1 rings (SSSR count). The first-order valence-electron chi connectivity index (χ1n) is 4.58. The van der Waals surface area contributed by atoms with Gasteiger partial charge in [-0.1, -0.05) is 15.9 Å². The van der Waals surface area contributed by atoms with Crippen molar-refractivity contribution >= 4 is 33.4 Å². The highest BCUT2D eigenvalue weighted by atomic mass is 79.9. The third-order valence-corrected chi connectivity index (χ3v) is 2.22. The summed E-state index contributed by atoms with van der Waals surface area (Å²) in [6.45, 7) is 2.03. The first-order valence-corrected chi connectivity index (χ1v) is 5.38.